The van der Waals surface area contributed by atoms with Crippen LogP contribution in [0, 0.1) is 5.92 Å². The number of amides is 1. The van der Waals surface area contributed by atoms with Crippen molar-refractivity contribution in [2.75, 3.05) is 19.6 Å². The number of nitrogens with zero attached hydrogens (tertiary/aromatic N) is 2. The van der Waals surface area contributed by atoms with E-state index in [1.807, 2.05) is 27.8 Å². The van der Waals surface area contributed by atoms with Gasteiger partial charge in [-0.2, -0.15) is 0 Å². The summed E-state index contributed by atoms with van der Waals surface area (Å²) in [6, 6.07) is 3.83. The lowest BCUT2D eigenvalue weighted by Crippen LogP contribution is -2.42. The molecule has 1 fully saturated rings. The Bertz CT molecular complexity index is 386. The number of hydrogen-bond acceptors (Lipinski definition) is 2. The van der Waals surface area contributed by atoms with Crippen molar-refractivity contribution in [2.45, 2.75) is 26.3 Å². The van der Waals surface area contributed by atoms with Gasteiger partial charge in [0.05, 0.1) is 0 Å². The zero-order valence-corrected chi connectivity index (χ0v) is 10.4. The van der Waals surface area contributed by atoms with Crippen molar-refractivity contribution in [3.05, 3.63) is 24.0 Å². The first-order chi connectivity index (χ1) is 8.26. The van der Waals surface area contributed by atoms with Gasteiger partial charge in [0.15, 0.2) is 0 Å². The van der Waals surface area contributed by atoms with Gasteiger partial charge >= 0.3 is 0 Å². The Hall–Kier alpha value is -1.29. The largest absolute Gasteiger partial charge is 0.344 e. The highest BCUT2D eigenvalue weighted by atomic mass is 16.2. The zero-order chi connectivity index (χ0) is 12.3. The molecule has 1 aliphatic heterocycles. The van der Waals surface area contributed by atoms with E-state index < -0.39 is 0 Å². The minimum absolute atomic E-state index is 0.148. The van der Waals surface area contributed by atoms with Gasteiger partial charge in [-0.25, -0.2) is 0 Å². The molecule has 1 atom stereocenters. The van der Waals surface area contributed by atoms with Crippen LogP contribution in [0.5, 0.6) is 0 Å². The summed E-state index contributed by atoms with van der Waals surface area (Å²) in [5, 5.41) is 0. The fraction of sp³-hybridized carbons (Fsp3) is 0.615. The Balaban J connectivity index is 2.09. The number of carbonyl (C=O) groups is 1. The Kier molecular flexibility index (Phi) is 3.84. The van der Waals surface area contributed by atoms with Gasteiger partial charge in [-0.1, -0.05) is 0 Å². The van der Waals surface area contributed by atoms with Crippen LogP contribution in [-0.4, -0.2) is 35.0 Å². The summed E-state index contributed by atoms with van der Waals surface area (Å²) in [5.41, 5.74) is 6.49. The molecule has 1 aromatic heterocycles. The molecule has 1 saturated heterocycles. The van der Waals surface area contributed by atoms with Gasteiger partial charge in [-0.05, 0) is 44.4 Å². The summed E-state index contributed by atoms with van der Waals surface area (Å²) in [6.45, 7) is 5.24. The quantitative estimate of drug-likeness (QED) is 0.859. The third kappa shape index (κ3) is 2.52. The van der Waals surface area contributed by atoms with E-state index in [-0.39, 0.29) is 5.91 Å². The normalized spacial score (nSPS) is 20.6. The molecule has 1 unspecified atom stereocenters. The van der Waals surface area contributed by atoms with Crippen LogP contribution < -0.4 is 5.73 Å². The van der Waals surface area contributed by atoms with Crippen molar-refractivity contribution >= 4 is 5.91 Å². The Labute approximate surface area is 102 Å². The lowest BCUT2D eigenvalue weighted by Gasteiger charge is -2.32. The molecule has 2 rings (SSSR count). The number of hydrogen-bond donors (Lipinski definition) is 1. The summed E-state index contributed by atoms with van der Waals surface area (Å²) in [4.78, 5) is 14.3. The summed E-state index contributed by atoms with van der Waals surface area (Å²) in [6.07, 6.45) is 4.17. The van der Waals surface area contributed by atoms with E-state index in [4.69, 9.17) is 5.73 Å². The molecule has 2 heterocycles. The van der Waals surface area contributed by atoms with Crippen LogP contribution in [0.4, 0.5) is 0 Å². The Morgan fingerprint density at radius 2 is 2.41 bits per heavy atom. The van der Waals surface area contributed by atoms with E-state index in [1.165, 1.54) is 0 Å². The van der Waals surface area contributed by atoms with Crippen molar-refractivity contribution in [1.82, 2.24) is 9.47 Å². The minimum atomic E-state index is 0.148. The van der Waals surface area contributed by atoms with Gasteiger partial charge in [-0.3, -0.25) is 4.79 Å². The van der Waals surface area contributed by atoms with Gasteiger partial charge in [0.25, 0.3) is 5.91 Å². The van der Waals surface area contributed by atoms with Gasteiger partial charge in [-0.15, -0.1) is 0 Å². The Morgan fingerprint density at radius 1 is 1.59 bits per heavy atom. The van der Waals surface area contributed by atoms with Gasteiger partial charge in [0.1, 0.15) is 5.69 Å². The molecule has 0 spiro atoms. The third-order valence-corrected chi connectivity index (χ3v) is 3.53. The number of aryl methyl sites for hydroxylation is 1. The smallest absolute Gasteiger partial charge is 0.270 e. The zero-order valence-electron chi connectivity index (χ0n) is 10.4. The van der Waals surface area contributed by atoms with Crippen molar-refractivity contribution in [3.63, 3.8) is 0 Å². The maximum Gasteiger partial charge on any atom is 0.270 e. The number of likely N-dealkylation sites (tertiary alicyclic amines) is 1. The molecule has 4 nitrogen and oxygen atoms in total. The monoisotopic (exact) mass is 235 g/mol. The van der Waals surface area contributed by atoms with E-state index in [2.05, 4.69) is 6.92 Å². The average molecular weight is 235 g/mol. The molecule has 1 aromatic rings. The Morgan fingerprint density at radius 3 is 3.12 bits per heavy atom. The first-order valence-electron chi connectivity index (χ1n) is 6.40. The molecule has 94 valence electrons. The molecular formula is C13H21N3O. The second-order valence-electron chi connectivity index (χ2n) is 4.67. The molecule has 2 N–H and O–H groups in total. The predicted molar refractivity (Wildman–Crippen MR) is 67.8 cm³/mol. The van der Waals surface area contributed by atoms with Crippen LogP contribution in [0.2, 0.25) is 0 Å². The fourth-order valence-electron chi connectivity index (χ4n) is 2.49. The number of nitrogens with two attached hydrogens (primary N) is 1. The summed E-state index contributed by atoms with van der Waals surface area (Å²) in [7, 11) is 0. The number of piperidine rings is 1. The van der Waals surface area contributed by atoms with E-state index in [0.717, 1.165) is 38.2 Å². The van der Waals surface area contributed by atoms with Crippen LogP contribution in [0.3, 0.4) is 0 Å². The van der Waals surface area contributed by atoms with E-state index in [9.17, 15) is 4.79 Å². The van der Waals surface area contributed by atoms with Gasteiger partial charge < -0.3 is 15.2 Å². The molecule has 1 aliphatic rings. The van der Waals surface area contributed by atoms with Crippen LogP contribution in [0.25, 0.3) is 0 Å². The molecule has 0 aliphatic carbocycles. The summed E-state index contributed by atoms with van der Waals surface area (Å²) >= 11 is 0. The van der Waals surface area contributed by atoms with Crippen molar-refractivity contribution in [1.29, 1.82) is 0 Å². The summed E-state index contributed by atoms with van der Waals surface area (Å²) < 4.78 is 1.99. The highest BCUT2D eigenvalue weighted by molar-refractivity contribution is 5.92. The average Bonchev–Trinajstić information content (AvgIpc) is 2.86. The van der Waals surface area contributed by atoms with Crippen LogP contribution in [0.15, 0.2) is 18.3 Å². The maximum atomic E-state index is 12.4. The highest BCUT2D eigenvalue weighted by Crippen LogP contribution is 2.18. The third-order valence-electron chi connectivity index (χ3n) is 3.53. The molecule has 4 heteroatoms. The van der Waals surface area contributed by atoms with Gasteiger partial charge in [0.2, 0.25) is 0 Å². The molecule has 17 heavy (non-hydrogen) atoms. The standard InChI is InChI=1S/C13H21N3O/c1-2-15-7-4-6-12(15)13(17)16-8-3-5-11(9-14)10-16/h4,6-7,11H,2-3,5,8-10,14H2,1H3. The van der Waals surface area contributed by atoms with Crippen molar-refractivity contribution in [3.8, 4) is 0 Å². The molecule has 0 radical (unpaired) electrons. The van der Waals surface area contributed by atoms with Crippen LogP contribution >= 0.6 is 0 Å². The summed E-state index contributed by atoms with van der Waals surface area (Å²) in [5.74, 6) is 0.618. The van der Waals surface area contributed by atoms with Crippen molar-refractivity contribution < 1.29 is 4.79 Å². The minimum Gasteiger partial charge on any atom is -0.344 e. The fourth-order valence-corrected chi connectivity index (χ4v) is 2.49. The number of carbonyl (C=O) groups excluding carboxylic acids is 1. The van der Waals surface area contributed by atoms with E-state index >= 15 is 0 Å². The van der Waals surface area contributed by atoms with Gasteiger partial charge in [0, 0.05) is 25.8 Å². The van der Waals surface area contributed by atoms with E-state index in [0.29, 0.717) is 12.5 Å². The first-order valence-corrected chi connectivity index (χ1v) is 6.40. The second-order valence-corrected chi connectivity index (χ2v) is 4.67. The predicted octanol–water partition coefficient (Wildman–Crippen LogP) is 1.32. The van der Waals surface area contributed by atoms with E-state index in [1.54, 1.807) is 0 Å². The topological polar surface area (TPSA) is 51.3 Å². The lowest BCUT2D eigenvalue weighted by molar-refractivity contribution is 0.0667. The highest BCUT2D eigenvalue weighted by Gasteiger charge is 2.24. The number of rotatable bonds is 3. The van der Waals surface area contributed by atoms with Crippen LogP contribution in [0.1, 0.15) is 30.3 Å². The van der Waals surface area contributed by atoms with Crippen molar-refractivity contribution in [2.24, 2.45) is 11.7 Å². The van der Waals surface area contributed by atoms with Crippen LogP contribution in [-0.2, 0) is 6.54 Å². The molecule has 0 saturated carbocycles. The molecule has 0 aromatic carbocycles. The number of aromatic nitrogens is 1. The second kappa shape index (κ2) is 5.36. The SMILES string of the molecule is CCn1cccc1C(=O)N1CCCC(CN)C1. The maximum absolute atomic E-state index is 12.4. The molecule has 1 amide bonds. The first kappa shape index (κ1) is 12.2. The molecule has 0 bridgehead atoms. The molecular weight excluding hydrogens is 214 g/mol. The lowest BCUT2D eigenvalue weighted by atomic mass is 9.98.